The Balaban J connectivity index is 2.75. The van der Waals surface area contributed by atoms with Crippen LogP contribution in [0.3, 0.4) is 0 Å². The molecule has 1 rings (SSSR count). The average molecular weight is 227 g/mol. The third-order valence-corrected chi connectivity index (χ3v) is 2.67. The number of nitrogens with one attached hydrogen (secondary N) is 1. The topological polar surface area (TPSA) is 42.0 Å². The van der Waals surface area contributed by atoms with E-state index in [0.717, 1.165) is 6.42 Å². The second kappa shape index (κ2) is 4.62. The molecule has 82 valence electrons. The molecule has 1 amide bonds. The number of carbonyl (C=O) groups is 1. The first kappa shape index (κ1) is 12.0. The van der Waals surface area contributed by atoms with Gasteiger partial charge in [-0.15, -0.1) is 0 Å². The molecule has 1 aromatic heterocycles. The zero-order chi connectivity index (χ0) is 11.5. The van der Waals surface area contributed by atoms with Gasteiger partial charge in [-0.2, -0.15) is 0 Å². The van der Waals surface area contributed by atoms with Gasteiger partial charge in [0.25, 0.3) is 0 Å². The minimum absolute atomic E-state index is 0.0419. The van der Waals surface area contributed by atoms with E-state index in [1.54, 1.807) is 18.2 Å². The van der Waals surface area contributed by atoms with Gasteiger partial charge in [-0.05, 0) is 18.6 Å². The first-order valence-electron chi connectivity index (χ1n) is 4.89. The molecule has 1 heterocycles. The van der Waals surface area contributed by atoms with Crippen molar-refractivity contribution in [2.45, 2.75) is 27.2 Å². The monoisotopic (exact) mass is 226 g/mol. The Morgan fingerprint density at radius 2 is 2.20 bits per heavy atom. The quantitative estimate of drug-likeness (QED) is 0.805. The van der Waals surface area contributed by atoms with Gasteiger partial charge < -0.3 is 5.32 Å². The summed E-state index contributed by atoms with van der Waals surface area (Å²) in [6, 6.07) is 5.14. The van der Waals surface area contributed by atoms with Crippen molar-refractivity contribution in [2.75, 3.05) is 5.32 Å². The van der Waals surface area contributed by atoms with Crippen LogP contribution in [0.15, 0.2) is 18.2 Å². The number of nitrogens with zero attached hydrogens (tertiary/aromatic N) is 1. The lowest BCUT2D eigenvalue weighted by atomic mass is 9.89. The Hall–Kier alpha value is -1.09. The van der Waals surface area contributed by atoms with Crippen LogP contribution in [0.1, 0.15) is 27.2 Å². The average Bonchev–Trinajstić information content (AvgIpc) is 2.17. The van der Waals surface area contributed by atoms with E-state index in [-0.39, 0.29) is 11.3 Å². The number of amides is 1. The Kier molecular flexibility index (Phi) is 3.69. The SMILES string of the molecule is CCC(C)(C)C(=O)Nc1cccc(Cl)n1. The summed E-state index contributed by atoms with van der Waals surface area (Å²) in [5.41, 5.74) is -0.385. The summed E-state index contributed by atoms with van der Waals surface area (Å²) in [6.07, 6.45) is 0.777. The number of pyridine rings is 1. The highest BCUT2D eigenvalue weighted by Gasteiger charge is 2.25. The van der Waals surface area contributed by atoms with Crippen LogP contribution in [0.2, 0.25) is 5.15 Å². The standard InChI is InChI=1S/C11H15ClN2O/c1-4-11(2,3)10(15)14-9-7-5-6-8(12)13-9/h5-7H,4H2,1-3H3,(H,13,14,15). The van der Waals surface area contributed by atoms with Gasteiger partial charge in [0.1, 0.15) is 11.0 Å². The van der Waals surface area contributed by atoms with Gasteiger partial charge in [-0.25, -0.2) is 4.98 Å². The van der Waals surface area contributed by atoms with Crippen LogP contribution in [0.5, 0.6) is 0 Å². The number of hydrogen-bond acceptors (Lipinski definition) is 2. The molecule has 0 radical (unpaired) electrons. The molecular formula is C11H15ClN2O. The van der Waals surface area contributed by atoms with Crippen LogP contribution in [-0.4, -0.2) is 10.9 Å². The molecule has 0 spiro atoms. The maximum absolute atomic E-state index is 11.8. The molecule has 15 heavy (non-hydrogen) atoms. The number of aromatic nitrogens is 1. The largest absolute Gasteiger partial charge is 0.310 e. The van der Waals surface area contributed by atoms with E-state index in [9.17, 15) is 4.79 Å². The molecule has 0 saturated heterocycles. The zero-order valence-corrected chi connectivity index (χ0v) is 9.93. The third kappa shape index (κ3) is 3.20. The summed E-state index contributed by atoms with van der Waals surface area (Å²) >= 11 is 5.71. The predicted octanol–water partition coefficient (Wildman–Crippen LogP) is 3.11. The van der Waals surface area contributed by atoms with Gasteiger partial charge in [-0.1, -0.05) is 38.4 Å². The van der Waals surface area contributed by atoms with Crippen LogP contribution in [0.4, 0.5) is 5.82 Å². The summed E-state index contributed by atoms with van der Waals surface area (Å²) in [5.74, 6) is 0.453. The fourth-order valence-corrected chi connectivity index (χ4v) is 1.09. The van der Waals surface area contributed by atoms with Crippen molar-refractivity contribution in [3.8, 4) is 0 Å². The number of halogens is 1. The van der Waals surface area contributed by atoms with Gasteiger partial charge in [0.15, 0.2) is 0 Å². The van der Waals surface area contributed by atoms with E-state index in [1.807, 2.05) is 20.8 Å². The van der Waals surface area contributed by atoms with Crippen molar-refractivity contribution in [2.24, 2.45) is 5.41 Å². The number of rotatable bonds is 3. The van der Waals surface area contributed by atoms with Crippen molar-refractivity contribution >= 4 is 23.3 Å². The zero-order valence-electron chi connectivity index (χ0n) is 9.17. The van der Waals surface area contributed by atoms with Crippen LogP contribution in [-0.2, 0) is 4.79 Å². The van der Waals surface area contributed by atoms with E-state index in [1.165, 1.54) is 0 Å². The lowest BCUT2D eigenvalue weighted by Crippen LogP contribution is -2.30. The van der Waals surface area contributed by atoms with E-state index >= 15 is 0 Å². The number of hydrogen-bond donors (Lipinski definition) is 1. The molecule has 0 unspecified atom stereocenters. The maximum Gasteiger partial charge on any atom is 0.231 e. The lowest BCUT2D eigenvalue weighted by molar-refractivity contribution is -0.124. The van der Waals surface area contributed by atoms with Crippen molar-refractivity contribution in [1.82, 2.24) is 4.98 Å². The first-order valence-corrected chi connectivity index (χ1v) is 5.27. The van der Waals surface area contributed by atoms with E-state index in [0.29, 0.717) is 11.0 Å². The normalized spacial score (nSPS) is 11.2. The molecule has 4 heteroatoms. The lowest BCUT2D eigenvalue weighted by Gasteiger charge is -2.20. The first-order chi connectivity index (χ1) is 6.95. The van der Waals surface area contributed by atoms with Crippen molar-refractivity contribution < 1.29 is 4.79 Å². The minimum Gasteiger partial charge on any atom is -0.310 e. The fourth-order valence-electron chi connectivity index (χ4n) is 0.924. The van der Waals surface area contributed by atoms with Gasteiger partial charge >= 0.3 is 0 Å². The highest BCUT2D eigenvalue weighted by atomic mass is 35.5. The summed E-state index contributed by atoms with van der Waals surface area (Å²) in [5, 5.41) is 3.12. The van der Waals surface area contributed by atoms with Crippen LogP contribution in [0.25, 0.3) is 0 Å². The fraction of sp³-hybridized carbons (Fsp3) is 0.455. The van der Waals surface area contributed by atoms with Gasteiger partial charge in [0.2, 0.25) is 5.91 Å². The molecule has 0 aliphatic heterocycles. The molecule has 0 atom stereocenters. The van der Waals surface area contributed by atoms with Crippen molar-refractivity contribution in [3.63, 3.8) is 0 Å². The second-order valence-corrected chi connectivity index (χ2v) is 4.42. The number of anilines is 1. The Bertz CT molecular complexity index is 363. The predicted molar refractivity (Wildman–Crippen MR) is 61.9 cm³/mol. The van der Waals surface area contributed by atoms with Crippen LogP contribution < -0.4 is 5.32 Å². The molecule has 0 bridgehead atoms. The highest BCUT2D eigenvalue weighted by molar-refractivity contribution is 6.29. The van der Waals surface area contributed by atoms with E-state index < -0.39 is 0 Å². The van der Waals surface area contributed by atoms with Crippen LogP contribution >= 0.6 is 11.6 Å². The molecular weight excluding hydrogens is 212 g/mol. The maximum atomic E-state index is 11.8. The third-order valence-electron chi connectivity index (χ3n) is 2.46. The summed E-state index contributed by atoms with van der Waals surface area (Å²) < 4.78 is 0. The second-order valence-electron chi connectivity index (χ2n) is 4.04. The van der Waals surface area contributed by atoms with Crippen molar-refractivity contribution in [1.29, 1.82) is 0 Å². The molecule has 3 nitrogen and oxygen atoms in total. The summed E-state index contributed by atoms with van der Waals surface area (Å²) in [6.45, 7) is 5.77. The molecule has 0 saturated carbocycles. The highest BCUT2D eigenvalue weighted by Crippen LogP contribution is 2.21. The molecule has 1 N–H and O–H groups in total. The molecule has 0 aliphatic carbocycles. The van der Waals surface area contributed by atoms with E-state index in [4.69, 9.17) is 11.6 Å². The minimum atomic E-state index is -0.385. The molecule has 0 aliphatic rings. The molecule has 1 aromatic rings. The Morgan fingerprint density at radius 1 is 1.53 bits per heavy atom. The van der Waals surface area contributed by atoms with Gasteiger partial charge in [-0.3, -0.25) is 4.79 Å². The smallest absolute Gasteiger partial charge is 0.231 e. The summed E-state index contributed by atoms with van der Waals surface area (Å²) in [4.78, 5) is 15.8. The Morgan fingerprint density at radius 3 is 2.73 bits per heavy atom. The van der Waals surface area contributed by atoms with Gasteiger partial charge in [0.05, 0.1) is 0 Å². The summed E-state index contributed by atoms with van der Waals surface area (Å²) in [7, 11) is 0. The van der Waals surface area contributed by atoms with Crippen molar-refractivity contribution in [3.05, 3.63) is 23.4 Å². The van der Waals surface area contributed by atoms with Gasteiger partial charge in [0, 0.05) is 5.41 Å². The Labute approximate surface area is 94.9 Å². The van der Waals surface area contributed by atoms with E-state index in [2.05, 4.69) is 10.3 Å². The molecule has 0 aromatic carbocycles. The molecule has 0 fully saturated rings. The number of carbonyl (C=O) groups excluding carboxylic acids is 1. The van der Waals surface area contributed by atoms with Crippen LogP contribution in [0, 0.1) is 5.41 Å².